The van der Waals surface area contributed by atoms with Crippen LogP contribution in [0.15, 0.2) is 6.33 Å². The number of rotatable bonds is 3. The molecule has 1 fully saturated rings. The van der Waals surface area contributed by atoms with Gasteiger partial charge in [-0.15, -0.1) is 0 Å². The van der Waals surface area contributed by atoms with E-state index in [0.29, 0.717) is 6.04 Å². The third kappa shape index (κ3) is 1.92. The minimum Gasteiger partial charge on any atom is -0.347 e. The molecule has 1 aromatic rings. The van der Waals surface area contributed by atoms with Crippen molar-refractivity contribution < 1.29 is 0 Å². The van der Waals surface area contributed by atoms with Gasteiger partial charge in [0.25, 0.3) is 0 Å². The standard InChI is InChI=1S/C11H18N4/c1-2-8(3-1)12-5-9-4-10-11(6-13-9)15-7-14-10/h7-9,12-13H,1-6H2,(H,14,15). The van der Waals surface area contributed by atoms with Crippen LogP contribution in [0.5, 0.6) is 0 Å². The number of H-pyrrole nitrogens is 1. The Kier molecular flexibility index (Phi) is 2.46. The fourth-order valence-corrected chi connectivity index (χ4v) is 2.30. The lowest BCUT2D eigenvalue weighted by Crippen LogP contribution is -2.47. The lowest BCUT2D eigenvalue weighted by atomic mass is 9.92. The van der Waals surface area contributed by atoms with Gasteiger partial charge in [0.1, 0.15) is 0 Å². The first-order valence-electron chi connectivity index (χ1n) is 5.90. The molecule has 2 heterocycles. The lowest BCUT2D eigenvalue weighted by Gasteiger charge is -2.30. The van der Waals surface area contributed by atoms with Crippen LogP contribution < -0.4 is 10.6 Å². The van der Waals surface area contributed by atoms with E-state index in [1.165, 1.54) is 30.7 Å². The molecule has 1 aliphatic heterocycles. The highest BCUT2D eigenvalue weighted by molar-refractivity contribution is 5.15. The highest BCUT2D eigenvalue weighted by atomic mass is 15.0. The molecule has 1 aromatic heterocycles. The Balaban J connectivity index is 1.52. The monoisotopic (exact) mass is 206 g/mol. The lowest BCUT2D eigenvalue weighted by molar-refractivity contribution is 0.315. The fourth-order valence-electron chi connectivity index (χ4n) is 2.30. The average molecular weight is 206 g/mol. The predicted octanol–water partition coefficient (Wildman–Crippen LogP) is 0.566. The summed E-state index contributed by atoms with van der Waals surface area (Å²) < 4.78 is 0. The molecule has 0 amide bonds. The number of imidazole rings is 1. The molecule has 1 aliphatic carbocycles. The highest BCUT2D eigenvalue weighted by Gasteiger charge is 2.22. The topological polar surface area (TPSA) is 52.7 Å². The summed E-state index contributed by atoms with van der Waals surface area (Å²) >= 11 is 0. The fraction of sp³-hybridized carbons (Fsp3) is 0.727. The van der Waals surface area contributed by atoms with Crippen LogP contribution in [0.1, 0.15) is 30.7 Å². The van der Waals surface area contributed by atoms with Gasteiger partial charge < -0.3 is 15.6 Å². The quantitative estimate of drug-likeness (QED) is 0.677. The van der Waals surface area contributed by atoms with E-state index in [-0.39, 0.29) is 0 Å². The molecule has 0 aromatic carbocycles. The van der Waals surface area contributed by atoms with Crippen LogP contribution in [0, 0.1) is 0 Å². The van der Waals surface area contributed by atoms with Crippen molar-refractivity contribution in [1.29, 1.82) is 0 Å². The van der Waals surface area contributed by atoms with Gasteiger partial charge >= 0.3 is 0 Å². The molecule has 3 N–H and O–H groups in total. The Morgan fingerprint density at radius 1 is 1.47 bits per heavy atom. The minimum atomic E-state index is 0.557. The van der Waals surface area contributed by atoms with Crippen molar-refractivity contribution in [2.75, 3.05) is 6.54 Å². The number of hydrogen-bond acceptors (Lipinski definition) is 3. The van der Waals surface area contributed by atoms with Gasteiger partial charge in [0, 0.05) is 31.6 Å². The van der Waals surface area contributed by atoms with Gasteiger partial charge in [-0.05, 0) is 12.8 Å². The number of aromatic amines is 1. The number of hydrogen-bond donors (Lipinski definition) is 3. The zero-order valence-corrected chi connectivity index (χ0v) is 8.92. The third-order valence-electron chi connectivity index (χ3n) is 3.57. The van der Waals surface area contributed by atoms with Crippen molar-refractivity contribution in [3.8, 4) is 0 Å². The second-order valence-corrected chi connectivity index (χ2v) is 4.65. The highest BCUT2D eigenvalue weighted by Crippen LogP contribution is 2.18. The molecule has 3 rings (SSSR count). The molecule has 0 spiro atoms. The third-order valence-corrected chi connectivity index (χ3v) is 3.57. The summed E-state index contributed by atoms with van der Waals surface area (Å²) in [5, 5.41) is 7.14. The van der Waals surface area contributed by atoms with Gasteiger partial charge in [-0.1, -0.05) is 6.42 Å². The smallest absolute Gasteiger partial charge is 0.0925 e. The Morgan fingerprint density at radius 2 is 2.40 bits per heavy atom. The number of nitrogens with one attached hydrogen (secondary N) is 3. The van der Waals surface area contributed by atoms with E-state index in [9.17, 15) is 0 Å². The van der Waals surface area contributed by atoms with Crippen molar-refractivity contribution in [3.05, 3.63) is 17.7 Å². The second-order valence-electron chi connectivity index (χ2n) is 4.65. The van der Waals surface area contributed by atoms with Crippen LogP contribution in [0.3, 0.4) is 0 Å². The number of aromatic nitrogens is 2. The molecule has 4 nitrogen and oxygen atoms in total. The number of fused-ring (bicyclic) bond motifs is 1. The van der Waals surface area contributed by atoms with Crippen LogP contribution in [-0.4, -0.2) is 28.6 Å². The molecule has 0 radical (unpaired) electrons. The predicted molar refractivity (Wildman–Crippen MR) is 58.6 cm³/mol. The first-order chi connectivity index (χ1) is 7.42. The molecule has 82 valence electrons. The summed E-state index contributed by atoms with van der Waals surface area (Å²) in [4.78, 5) is 7.52. The summed E-state index contributed by atoms with van der Waals surface area (Å²) in [5.41, 5.74) is 2.50. The SMILES string of the molecule is c1nc2c([nH]1)CNC(CNC1CCC1)C2. The van der Waals surface area contributed by atoms with Crippen LogP contribution in [0.4, 0.5) is 0 Å². The van der Waals surface area contributed by atoms with Gasteiger partial charge in [-0.3, -0.25) is 0 Å². The van der Waals surface area contributed by atoms with Gasteiger partial charge in [0.05, 0.1) is 17.7 Å². The molecular weight excluding hydrogens is 188 g/mol. The maximum absolute atomic E-state index is 4.34. The summed E-state index contributed by atoms with van der Waals surface area (Å²) in [6.07, 6.45) is 6.98. The van der Waals surface area contributed by atoms with E-state index in [1.807, 2.05) is 0 Å². The molecule has 1 unspecified atom stereocenters. The molecule has 4 heteroatoms. The maximum atomic E-state index is 4.34. The van der Waals surface area contributed by atoms with Crippen molar-refractivity contribution in [3.63, 3.8) is 0 Å². The Labute approximate surface area is 89.9 Å². The summed E-state index contributed by atoms with van der Waals surface area (Å²) in [6, 6.07) is 1.34. The summed E-state index contributed by atoms with van der Waals surface area (Å²) in [7, 11) is 0. The van der Waals surface area contributed by atoms with Gasteiger partial charge in [-0.2, -0.15) is 0 Å². The maximum Gasteiger partial charge on any atom is 0.0925 e. The van der Waals surface area contributed by atoms with E-state index in [4.69, 9.17) is 0 Å². The molecule has 15 heavy (non-hydrogen) atoms. The van der Waals surface area contributed by atoms with Crippen LogP contribution in [-0.2, 0) is 13.0 Å². The van der Waals surface area contributed by atoms with Crippen molar-refractivity contribution in [2.45, 2.75) is 44.3 Å². The molecule has 1 atom stereocenters. The zero-order valence-electron chi connectivity index (χ0n) is 8.92. The average Bonchev–Trinajstić information content (AvgIpc) is 2.62. The first kappa shape index (κ1) is 9.36. The van der Waals surface area contributed by atoms with Crippen molar-refractivity contribution in [2.24, 2.45) is 0 Å². The van der Waals surface area contributed by atoms with E-state index in [2.05, 4.69) is 20.6 Å². The van der Waals surface area contributed by atoms with E-state index < -0.39 is 0 Å². The Bertz CT molecular complexity index is 329. The van der Waals surface area contributed by atoms with Crippen LogP contribution >= 0.6 is 0 Å². The Hall–Kier alpha value is -0.870. The first-order valence-corrected chi connectivity index (χ1v) is 5.90. The minimum absolute atomic E-state index is 0.557. The van der Waals surface area contributed by atoms with Crippen molar-refractivity contribution >= 4 is 0 Å². The van der Waals surface area contributed by atoms with Crippen molar-refractivity contribution in [1.82, 2.24) is 20.6 Å². The Morgan fingerprint density at radius 3 is 3.20 bits per heavy atom. The van der Waals surface area contributed by atoms with E-state index >= 15 is 0 Å². The van der Waals surface area contributed by atoms with Gasteiger partial charge in [0.15, 0.2) is 0 Å². The normalized spacial score (nSPS) is 26.0. The van der Waals surface area contributed by atoms with Gasteiger partial charge in [0.2, 0.25) is 0 Å². The molecular formula is C11H18N4. The van der Waals surface area contributed by atoms with Gasteiger partial charge in [-0.25, -0.2) is 4.98 Å². The second kappa shape index (κ2) is 3.94. The zero-order chi connectivity index (χ0) is 10.1. The van der Waals surface area contributed by atoms with Crippen LogP contribution in [0.25, 0.3) is 0 Å². The van der Waals surface area contributed by atoms with Crippen LogP contribution in [0.2, 0.25) is 0 Å². The summed E-state index contributed by atoms with van der Waals surface area (Å²) in [6.45, 7) is 2.02. The summed E-state index contributed by atoms with van der Waals surface area (Å²) in [5.74, 6) is 0. The molecule has 1 saturated carbocycles. The largest absolute Gasteiger partial charge is 0.347 e. The van der Waals surface area contributed by atoms with E-state index in [0.717, 1.165) is 25.6 Å². The number of nitrogens with zero attached hydrogens (tertiary/aromatic N) is 1. The molecule has 0 saturated heterocycles. The molecule has 0 bridgehead atoms. The van der Waals surface area contributed by atoms with E-state index in [1.54, 1.807) is 6.33 Å². The molecule has 2 aliphatic rings.